The predicted molar refractivity (Wildman–Crippen MR) is 126 cm³/mol. The first-order valence-electron chi connectivity index (χ1n) is 11.0. The summed E-state index contributed by atoms with van der Waals surface area (Å²) in [5.74, 6) is 0.119. The normalized spacial score (nSPS) is 14.2. The van der Waals surface area contributed by atoms with Gasteiger partial charge in [-0.25, -0.2) is 19.3 Å². The number of hydrogen-bond acceptors (Lipinski definition) is 6. The Kier molecular flexibility index (Phi) is 5.64. The number of anilines is 2. The third kappa shape index (κ3) is 4.30. The topological polar surface area (TPSA) is 80.9 Å². The summed E-state index contributed by atoms with van der Waals surface area (Å²) in [6, 6.07) is 9.53. The Bertz CT molecular complexity index is 1490. The van der Waals surface area contributed by atoms with Gasteiger partial charge in [0.1, 0.15) is 11.1 Å². The number of alkyl halides is 3. The number of pyridine rings is 1. The molecular weight excluding hydrogens is 459 g/mol. The van der Waals surface area contributed by atoms with E-state index < -0.39 is 17.4 Å². The molecule has 0 saturated carbocycles. The number of nitrogens with one attached hydrogen (secondary N) is 1. The van der Waals surface area contributed by atoms with Crippen LogP contribution < -0.4 is 10.9 Å². The van der Waals surface area contributed by atoms with Gasteiger partial charge in [0.15, 0.2) is 11.5 Å². The van der Waals surface area contributed by atoms with Gasteiger partial charge in [0.25, 0.3) is 5.56 Å². The van der Waals surface area contributed by atoms with Crippen LogP contribution in [0.15, 0.2) is 60.0 Å². The van der Waals surface area contributed by atoms with Crippen molar-refractivity contribution in [2.24, 2.45) is 0 Å². The highest BCUT2D eigenvalue weighted by molar-refractivity contribution is 5.77. The van der Waals surface area contributed by atoms with Crippen LogP contribution in [0, 0.1) is 0 Å². The molecule has 3 aromatic heterocycles. The maximum Gasteiger partial charge on any atom is 0.433 e. The predicted octanol–water partition coefficient (Wildman–Crippen LogP) is 3.91. The second kappa shape index (κ2) is 8.66. The van der Waals surface area contributed by atoms with E-state index in [-0.39, 0.29) is 29.3 Å². The molecule has 35 heavy (non-hydrogen) atoms. The van der Waals surface area contributed by atoms with E-state index in [4.69, 9.17) is 0 Å². The average Bonchev–Trinajstić information content (AvgIpc) is 3.09. The van der Waals surface area contributed by atoms with Crippen LogP contribution in [-0.2, 0) is 25.7 Å². The molecule has 4 heterocycles. The molecule has 1 aliphatic rings. The van der Waals surface area contributed by atoms with Gasteiger partial charge < -0.3 is 10.2 Å². The molecule has 0 amide bonds. The Labute approximate surface area is 198 Å². The summed E-state index contributed by atoms with van der Waals surface area (Å²) in [5.41, 5.74) is 1.88. The maximum absolute atomic E-state index is 13.3. The van der Waals surface area contributed by atoms with E-state index in [9.17, 15) is 18.0 Å². The molecule has 8 nitrogen and oxygen atoms in total. The number of benzene rings is 1. The number of aromatic nitrogens is 5. The Morgan fingerprint density at radius 3 is 2.77 bits per heavy atom. The molecule has 180 valence electrons. The zero-order chi connectivity index (χ0) is 24.7. The van der Waals surface area contributed by atoms with Crippen LogP contribution in [0.3, 0.4) is 0 Å². The first-order chi connectivity index (χ1) is 16.7. The molecule has 0 atom stereocenters. The van der Waals surface area contributed by atoms with Crippen molar-refractivity contribution in [2.75, 3.05) is 18.9 Å². The third-order valence-corrected chi connectivity index (χ3v) is 5.88. The molecule has 0 spiro atoms. The second-order valence-corrected chi connectivity index (χ2v) is 8.39. The first kappa shape index (κ1) is 22.8. The lowest BCUT2D eigenvalue weighted by Gasteiger charge is -2.25. The molecule has 0 unspecified atom stereocenters. The van der Waals surface area contributed by atoms with Gasteiger partial charge in [-0.05, 0) is 48.9 Å². The summed E-state index contributed by atoms with van der Waals surface area (Å²) in [5, 5.41) is 3.31. The fourth-order valence-corrected chi connectivity index (χ4v) is 4.21. The van der Waals surface area contributed by atoms with Crippen molar-refractivity contribution in [1.29, 1.82) is 0 Å². The number of nitrogens with zero attached hydrogens (tertiary/aromatic N) is 6. The minimum atomic E-state index is -4.63. The number of likely N-dealkylation sites (N-methyl/N-ethyl adjacent to an activating group) is 1. The largest absolute Gasteiger partial charge is 0.433 e. The molecule has 4 aromatic rings. The van der Waals surface area contributed by atoms with Crippen LogP contribution in [-0.4, -0.2) is 42.8 Å². The van der Waals surface area contributed by atoms with Crippen molar-refractivity contribution in [3.05, 3.63) is 82.4 Å². The highest BCUT2D eigenvalue weighted by Gasteiger charge is 2.33. The number of rotatable bonds is 5. The standard InChI is InChI=1S/C24H22F3N7O/c1-3-10-33-22(35)18-13-28-23(29-17-8-7-15-9-11-32(2)14-16(15)12-17)31-21(18)34(33)20-6-4-5-19(30-20)24(25,26)27/h3-8,12-13H,1,9-11,14H2,2H3,(H,28,29,31). The van der Waals surface area contributed by atoms with Crippen molar-refractivity contribution in [2.45, 2.75) is 25.7 Å². The summed E-state index contributed by atoms with van der Waals surface area (Å²) >= 11 is 0. The van der Waals surface area contributed by atoms with Gasteiger partial charge in [-0.3, -0.25) is 4.79 Å². The fourth-order valence-electron chi connectivity index (χ4n) is 4.21. The molecule has 0 radical (unpaired) electrons. The van der Waals surface area contributed by atoms with Crippen LogP contribution in [0.1, 0.15) is 16.8 Å². The zero-order valence-corrected chi connectivity index (χ0v) is 18.9. The Morgan fingerprint density at radius 2 is 2.00 bits per heavy atom. The van der Waals surface area contributed by atoms with Crippen LogP contribution in [0.5, 0.6) is 0 Å². The molecule has 0 aliphatic carbocycles. The van der Waals surface area contributed by atoms with Crippen molar-refractivity contribution in [1.82, 2.24) is 29.2 Å². The minimum absolute atomic E-state index is 0.0498. The summed E-state index contributed by atoms with van der Waals surface area (Å²) in [6.07, 6.45) is -0.823. The third-order valence-electron chi connectivity index (χ3n) is 5.88. The quantitative estimate of drug-likeness (QED) is 0.436. The van der Waals surface area contributed by atoms with Gasteiger partial charge in [0.05, 0.1) is 6.54 Å². The average molecular weight is 481 g/mol. The van der Waals surface area contributed by atoms with Gasteiger partial charge in [-0.15, -0.1) is 6.58 Å². The monoisotopic (exact) mass is 481 g/mol. The molecule has 0 saturated heterocycles. The number of fused-ring (bicyclic) bond motifs is 2. The van der Waals surface area contributed by atoms with E-state index in [1.54, 1.807) is 0 Å². The molecule has 11 heteroatoms. The number of allylic oxidation sites excluding steroid dienone is 1. The van der Waals surface area contributed by atoms with Crippen LogP contribution in [0.2, 0.25) is 0 Å². The van der Waals surface area contributed by atoms with E-state index in [0.717, 1.165) is 31.3 Å². The smallest absolute Gasteiger partial charge is 0.324 e. The van der Waals surface area contributed by atoms with Gasteiger partial charge in [0, 0.05) is 25.0 Å². The number of halogens is 3. The molecule has 0 bridgehead atoms. The summed E-state index contributed by atoms with van der Waals surface area (Å²) < 4.78 is 42.4. The minimum Gasteiger partial charge on any atom is -0.324 e. The highest BCUT2D eigenvalue weighted by Crippen LogP contribution is 2.29. The van der Waals surface area contributed by atoms with Crippen molar-refractivity contribution >= 4 is 22.7 Å². The van der Waals surface area contributed by atoms with E-state index in [0.29, 0.717) is 0 Å². The van der Waals surface area contributed by atoms with Crippen molar-refractivity contribution in [3.63, 3.8) is 0 Å². The molecule has 1 aliphatic heterocycles. The lowest BCUT2D eigenvalue weighted by Crippen LogP contribution is -2.26. The number of hydrogen-bond donors (Lipinski definition) is 1. The van der Waals surface area contributed by atoms with Crippen molar-refractivity contribution in [3.8, 4) is 5.82 Å². The highest BCUT2D eigenvalue weighted by atomic mass is 19.4. The molecule has 1 aromatic carbocycles. The lowest BCUT2D eigenvalue weighted by atomic mass is 9.99. The Morgan fingerprint density at radius 1 is 1.17 bits per heavy atom. The van der Waals surface area contributed by atoms with Crippen molar-refractivity contribution < 1.29 is 13.2 Å². The molecular formula is C24H22F3N7O. The summed E-state index contributed by atoms with van der Waals surface area (Å²) in [7, 11) is 2.06. The lowest BCUT2D eigenvalue weighted by molar-refractivity contribution is -0.141. The van der Waals surface area contributed by atoms with Gasteiger partial charge in [-0.1, -0.05) is 18.2 Å². The molecule has 5 rings (SSSR count). The van der Waals surface area contributed by atoms with Gasteiger partial charge >= 0.3 is 6.18 Å². The fraction of sp³-hybridized carbons (Fsp3) is 0.250. The SMILES string of the molecule is C=CCn1c(=O)c2cnc(Nc3ccc4c(c3)CN(C)CC4)nc2n1-c1cccc(C(F)(F)F)n1. The van der Waals surface area contributed by atoms with Gasteiger partial charge in [-0.2, -0.15) is 18.2 Å². The Balaban J connectivity index is 1.60. The van der Waals surface area contributed by atoms with Gasteiger partial charge in [0.2, 0.25) is 5.95 Å². The van der Waals surface area contributed by atoms with E-state index in [1.807, 2.05) is 12.1 Å². The second-order valence-electron chi connectivity index (χ2n) is 8.39. The summed E-state index contributed by atoms with van der Waals surface area (Å²) in [6.45, 7) is 5.53. The Hall–Kier alpha value is -3.99. The molecule has 0 fully saturated rings. The zero-order valence-electron chi connectivity index (χ0n) is 18.9. The van der Waals surface area contributed by atoms with E-state index in [2.05, 4.69) is 44.9 Å². The van der Waals surface area contributed by atoms with Crippen LogP contribution in [0.4, 0.5) is 24.8 Å². The van der Waals surface area contributed by atoms with E-state index >= 15 is 0 Å². The first-order valence-corrected chi connectivity index (χ1v) is 11.0. The van der Waals surface area contributed by atoms with E-state index in [1.165, 1.54) is 44.9 Å². The summed E-state index contributed by atoms with van der Waals surface area (Å²) in [4.78, 5) is 27.7. The van der Waals surface area contributed by atoms with Crippen LogP contribution in [0.25, 0.3) is 16.9 Å². The molecule has 1 N–H and O–H groups in total. The maximum atomic E-state index is 13.3. The van der Waals surface area contributed by atoms with Crippen LogP contribution >= 0.6 is 0 Å².